The first-order valence-corrected chi connectivity index (χ1v) is 14.0. The molecule has 1 aliphatic carbocycles. The van der Waals surface area contributed by atoms with Gasteiger partial charge in [0.2, 0.25) is 0 Å². The summed E-state index contributed by atoms with van der Waals surface area (Å²) in [5, 5.41) is 14.2. The summed E-state index contributed by atoms with van der Waals surface area (Å²) >= 11 is 0. The van der Waals surface area contributed by atoms with Gasteiger partial charge in [-0.05, 0) is 84.3 Å². The molecule has 1 atom stereocenters. The molecule has 6 rings (SSSR count). The van der Waals surface area contributed by atoms with E-state index in [0.717, 1.165) is 61.3 Å². The van der Waals surface area contributed by atoms with Gasteiger partial charge < -0.3 is 9.88 Å². The second-order valence-electron chi connectivity index (χ2n) is 11.1. The number of piperazine rings is 1. The summed E-state index contributed by atoms with van der Waals surface area (Å²) in [6, 6.07) is 14.9. The van der Waals surface area contributed by atoms with Crippen molar-refractivity contribution >= 4 is 16.6 Å². The maximum absolute atomic E-state index is 13.6. The fourth-order valence-corrected chi connectivity index (χ4v) is 6.28. The molecule has 38 heavy (non-hydrogen) atoms. The minimum Gasteiger partial charge on any atom is -0.369 e. The highest BCUT2D eigenvalue weighted by Gasteiger charge is 2.34. The number of fused-ring (bicyclic) bond motifs is 1. The van der Waals surface area contributed by atoms with Gasteiger partial charge in [0, 0.05) is 42.9 Å². The molecule has 4 aromatic rings. The van der Waals surface area contributed by atoms with Crippen LogP contribution in [0.1, 0.15) is 72.3 Å². The molecular formula is C30H37N7O. The van der Waals surface area contributed by atoms with Crippen LogP contribution in [0.5, 0.6) is 0 Å². The molecule has 0 bridgehead atoms. The Hall–Kier alpha value is -3.52. The van der Waals surface area contributed by atoms with Crippen LogP contribution in [-0.2, 0) is 0 Å². The number of tetrazole rings is 1. The number of aryl methyl sites for hydroxylation is 3. The summed E-state index contributed by atoms with van der Waals surface area (Å²) in [4.78, 5) is 21.6. The second kappa shape index (κ2) is 10.3. The molecule has 8 heteroatoms. The molecule has 2 fully saturated rings. The summed E-state index contributed by atoms with van der Waals surface area (Å²) in [5.41, 5.74) is 6.51. The van der Waals surface area contributed by atoms with Crippen molar-refractivity contribution in [1.82, 2.24) is 30.1 Å². The summed E-state index contributed by atoms with van der Waals surface area (Å²) in [6.07, 6.45) is 5.82. The second-order valence-corrected chi connectivity index (χ2v) is 11.1. The maximum atomic E-state index is 13.6. The van der Waals surface area contributed by atoms with E-state index in [1.54, 1.807) is 0 Å². The number of aromatic nitrogens is 5. The zero-order valence-corrected chi connectivity index (χ0v) is 22.7. The van der Waals surface area contributed by atoms with E-state index in [2.05, 4.69) is 80.6 Å². The Morgan fingerprint density at radius 1 is 0.895 bits per heavy atom. The van der Waals surface area contributed by atoms with Crippen molar-refractivity contribution in [2.24, 2.45) is 0 Å². The van der Waals surface area contributed by atoms with E-state index in [-0.39, 0.29) is 17.6 Å². The third kappa shape index (κ3) is 4.73. The van der Waals surface area contributed by atoms with Crippen LogP contribution >= 0.6 is 0 Å². The number of aromatic amines is 1. The van der Waals surface area contributed by atoms with Gasteiger partial charge in [0.15, 0.2) is 5.82 Å². The first-order chi connectivity index (χ1) is 18.5. The van der Waals surface area contributed by atoms with Gasteiger partial charge in [-0.3, -0.25) is 9.69 Å². The van der Waals surface area contributed by atoms with Gasteiger partial charge in [-0.15, -0.1) is 5.10 Å². The Kier molecular flexibility index (Phi) is 6.74. The zero-order chi connectivity index (χ0) is 26.2. The lowest BCUT2D eigenvalue weighted by Crippen LogP contribution is -2.49. The third-order valence-corrected chi connectivity index (χ3v) is 8.39. The minimum absolute atomic E-state index is 0.0664. The molecule has 2 aliphatic rings. The molecule has 3 heterocycles. The van der Waals surface area contributed by atoms with E-state index in [1.165, 1.54) is 36.1 Å². The topological polar surface area (TPSA) is 82.9 Å². The van der Waals surface area contributed by atoms with Crippen LogP contribution < -0.4 is 10.5 Å². The number of benzene rings is 2. The summed E-state index contributed by atoms with van der Waals surface area (Å²) in [7, 11) is 0. The summed E-state index contributed by atoms with van der Waals surface area (Å²) < 4.78 is 2.03. The molecule has 0 amide bonds. The van der Waals surface area contributed by atoms with Crippen LogP contribution in [0.15, 0.2) is 47.3 Å². The number of hydrogen-bond donors (Lipinski definition) is 1. The van der Waals surface area contributed by atoms with E-state index in [0.29, 0.717) is 5.56 Å². The fourth-order valence-electron chi connectivity index (χ4n) is 6.28. The van der Waals surface area contributed by atoms with E-state index in [1.807, 2.05) is 17.7 Å². The van der Waals surface area contributed by atoms with Gasteiger partial charge in [0.1, 0.15) is 6.04 Å². The highest BCUT2D eigenvalue weighted by molar-refractivity contribution is 5.79. The average Bonchev–Trinajstić information content (AvgIpc) is 3.41. The number of hydrogen-bond acceptors (Lipinski definition) is 6. The van der Waals surface area contributed by atoms with E-state index in [4.69, 9.17) is 0 Å². The van der Waals surface area contributed by atoms with E-state index in [9.17, 15) is 4.79 Å². The van der Waals surface area contributed by atoms with Gasteiger partial charge in [0.25, 0.3) is 5.56 Å². The number of nitrogens with zero attached hydrogens (tertiary/aromatic N) is 6. The first kappa shape index (κ1) is 24.8. The largest absolute Gasteiger partial charge is 0.369 e. The number of H-pyrrole nitrogens is 1. The molecule has 0 spiro atoms. The van der Waals surface area contributed by atoms with Gasteiger partial charge in [0.05, 0.1) is 6.04 Å². The van der Waals surface area contributed by atoms with Crippen molar-refractivity contribution in [2.75, 3.05) is 31.1 Å². The molecule has 1 saturated heterocycles. The predicted octanol–water partition coefficient (Wildman–Crippen LogP) is 4.86. The van der Waals surface area contributed by atoms with E-state index >= 15 is 0 Å². The SMILES string of the molecule is Cc1ccc(C)c(N2CCN([C@@H](c3cc4ccc(C)cc4[nH]c3=O)c3nnnn3C3CCCCC3)CC2)c1. The van der Waals surface area contributed by atoms with Crippen LogP contribution in [-0.4, -0.2) is 56.3 Å². The van der Waals surface area contributed by atoms with Crippen molar-refractivity contribution in [2.45, 2.75) is 65.0 Å². The molecule has 0 unspecified atom stereocenters. The van der Waals surface area contributed by atoms with Crippen molar-refractivity contribution in [3.8, 4) is 0 Å². The Morgan fingerprint density at radius 2 is 1.63 bits per heavy atom. The Balaban J connectivity index is 1.38. The molecule has 2 aromatic carbocycles. The molecule has 2 aromatic heterocycles. The summed E-state index contributed by atoms with van der Waals surface area (Å²) in [6.45, 7) is 9.78. The molecular weight excluding hydrogens is 474 g/mol. The maximum Gasteiger partial charge on any atom is 0.253 e. The fraction of sp³-hybridized carbons (Fsp3) is 0.467. The Bertz CT molecular complexity index is 1490. The van der Waals surface area contributed by atoms with Crippen LogP contribution in [0.3, 0.4) is 0 Å². The Labute approximate surface area is 223 Å². The monoisotopic (exact) mass is 511 g/mol. The average molecular weight is 512 g/mol. The molecule has 8 nitrogen and oxygen atoms in total. The predicted molar refractivity (Wildman–Crippen MR) is 151 cm³/mol. The van der Waals surface area contributed by atoms with Crippen molar-refractivity contribution in [3.63, 3.8) is 0 Å². The standard InChI is InChI=1S/C30H37N7O/c1-20-10-12-23-19-25(30(38)31-26(23)17-20)28(29-32-33-34-37(29)24-7-5-4-6-8-24)36-15-13-35(14-16-36)27-18-21(2)9-11-22(27)3/h9-12,17-19,24,28H,4-8,13-16H2,1-3H3,(H,31,38)/t28-/m0/s1. The zero-order valence-electron chi connectivity index (χ0n) is 22.7. The van der Waals surface area contributed by atoms with Gasteiger partial charge in [-0.25, -0.2) is 4.68 Å². The highest BCUT2D eigenvalue weighted by Crippen LogP contribution is 2.34. The normalized spacial score (nSPS) is 18.2. The van der Waals surface area contributed by atoms with Crippen molar-refractivity contribution in [1.29, 1.82) is 0 Å². The highest BCUT2D eigenvalue weighted by atomic mass is 16.1. The third-order valence-electron chi connectivity index (χ3n) is 8.39. The van der Waals surface area contributed by atoms with Gasteiger partial charge in [-0.2, -0.15) is 0 Å². The quantitative estimate of drug-likeness (QED) is 0.412. The van der Waals surface area contributed by atoms with Crippen LogP contribution in [0, 0.1) is 20.8 Å². The van der Waals surface area contributed by atoms with Crippen LogP contribution in [0.2, 0.25) is 0 Å². The van der Waals surface area contributed by atoms with Crippen LogP contribution in [0.25, 0.3) is 10.9 Å². The number of pyridine rings is 1. The lowest BCUT2D eigenvalue weighted by molar-refractivity contribution is 0.192. The van der Waals surface area contributed by atoms with Crippen LogP contribution in [0.4, 0.5) is 5.69 Å². The molecule has 198 valence electrons. The van der Waals surface area contributed by atoms with Crippen molar-refractivity contribution in [3.05, 3.63) is 80.9 Å². The van der Waals surface area contributed by atoms with Gasteiger partial charge in [-0.1, -0.05) is 43.5 Å². The Morgan fingerprint density at radius 3 is 2.42 bits per heavy atom. The van der Waals surface area contributed by atoms with E-state index < -0.39 is 0 Å². The minimum atomic E-state index is -0.304. The first-order valence-electron chi connectivity index (χ1n) is 14.0. The molecule has 0 radical (unpaired) electrons. The number of nitrogens with one attached hydrogen (secondary N) is 1. The number of anilines is 1. The molecule has 1 N–H and O–H groups in total. The summed E-state index contributed by atoms with van der Waals surface area (Å²) in [5.74, 6) is 0.786. The lowest BCUT2D eigenvalue weighted by Gasteiger charge is -2.40. The number of rotatable bonds is 5. The smallest absolute Gasteiger partial charge is 0.253 e. The lowest BCUT2D eigenvalue weighted by atomic mass is 9.95. The molecule has 1 aliphatic heterocycles. The van der Waals surface area contributed by atoms with Crippen molar-refractivity contribution < 1.29 is 0 Å². The van der Waals surface area contributed by atoms with Gasteiger partial charge >= 0.3 is 0 Å². The molecule has 1 saturated carbocycles.